The van der Waals surface area contributed by atoms with E-state index in [1.165, 1.54) is 9.79 Å². The summed E-state index contributed by atoms with van der Waals surface area (Å²) in [5, 5.41) is 0. The van der Waals surface area contributed by atoms with Gasteiger partial charge in [-0.15, -0.1) is 0 Å². The van der Waals surface area contributed by atoms with Gasteiger partial charge < -0.3 is 15.5 Å². The molecule has 1 heterocycles. The highest BCUT2D eigenvalue weighted by Crippen LogP contribution is 2.47. The molecule has 1 aliphatic heterocycles. The minimum Gasteiger partial charge on any atom is -0.366 e. The Morgan fingerprint density at radius 3 is 2.06 bits per heavy atom. The zero-order valence-corrected chi connectivity index (χ0v) is 18.6. The van der Waals surface area contributed by atoms with Crippen LogP contribution in [0.3, 0.4) is 0 Å². The first-order valence-corrected chi connectivity index (χ1v) is 11.7. The van der Waals surface area contributed by atoms with Gasteiger partial charge in [-0.1, -0.05) is 48.2 Å². The molecule has 1 saturated carbocycles. The zero-order chi connectivity index (χ0) is 22.1. The molecule has 162 valence electrons. The molecule has 1 fully saturated rings. The quantitative estimate of drug-likeness (QED) is 0.560. The maximum absolute atomic E-state index is 13.3. The minimum atomic E-state index is -0.438. The average Bonchev–Trinajstić information content (AvgIpc) is 3.65. The topological polar surface area (TPSA) is 66.6 Å². The van der Waals surface area contributed by atoms with Gasteiger partial charge in [0.15, 0.2) is 0 Å². The van der Waals surface area contributed by atoms with Crippen LogP contribution in [0.15, 0.2) is 82.6 Å². The summed E-state index contributed by atoms with van der Waals surface area (Å²) in [7, 11) is 0. The average molecular weight is 444 g/mol. The maximum Gasteiger partial charge on any atom is 0.248 e. The van der Waals surface area contributed by atoms with E-state index in [-0.39, 0.29) is 5.91 Å². The van der Waals surface area contributed by atoms with Crippen molar-refractivity contribution in [2.75, 3.05) is 11.4 Å². The summed E-state index contributed by atoms with van der Waals surface area (Å²) in [6.07, 6.45) is 2.55. The van der Waals surface area contributed by atoms with E-state index < -0.39 is 5.91 Å². The summed E-state index contributed by atoms with van der Waals surface area (Å²) in [6, 6.07) is 24.3. The number of carbonyl (C=O) groups excluding carboxylic acids is 2. The van der Waals surface area contributed by atoms with Crippen LogP contribution in [-0.4, -0.2) is 29.3 Å². The molecule has 0 bridgehead atoms. The van der Waals surface area contributed by atoms with E-state index in [0.29, 0.717) is 31.1 Å². The van der Waals surface area contributed by atoms with Gasteiger partial charge in [-0.3, -0.25) is 9.59 Å². The van der Waals surface area contributed by atoms with Crippen LogP contribution in [0.1, 0.15) is 35.2 Å². The normalized spacial score (nSPS) is 14.4. The number of fused-ring (bicyclic) bond motifs is 2. The summed E-state index contributed by atoms with van der Waals surface area (Å²) < 4.78 is 0. The smallest absolute Gasteiger partial charge is 0.248 e. The molecule has 2 N–H and O–H groups in total. The molecule has 2 amide bonds. The molecule has 5 rings (SSSR count). The lowest BCUT2D eigenvalue weighted by Crippen LogP contribution is -2.35. The summed E-state index contributed by atoms with van der Waals surface area (Å²) in [5.74, 6) is -0.272. The molecule has 32 heavy (non-hydrogen) atoms. The Hall–Kier alpha value is -3.25. The SMILES string of the molecule is NC(=O)c1ccc(CN(C(=O)CCN2c3ccccc3Sc3ccccc32)C2CC2)cc1. The molecule has 0 saturated heterocycles. The fourth-order valence-corrected chi connectivity index (χ4v) is 5.25. The minimum absolute atomic E-state index is 0.166. The van der Waals surface area contributed by atoms with Crippen LogP contribution in [0, 0.1) is 0 Å². The van der Waals surface area contributed by atoms with Gasteiger partial charge in [0.05, 0.1) is 11.4 Å². The first-order chi connectivity index (χ1) is 15.6. The third-order valence-electron chi connectivity index (χ3n) is 5.98. The predicted molar refractivity (Wildman–Crippen MR) is 127 cm³/mol. The van der Waals surface area contributed by atoms with Gasteiger partial charge in [0, 0.05) is 40.9 Å². The van der Waals surface area contributed by atoms with Crippen LogP contribution in [0.2, 0.25) is 0 Å². The molecule has 5 nitrogen and oxygen atoms in total. The molecule has 6 heteroatoms. The van der Waals surface area contributed by atoms with Crippen molar-refractivity contribution in [2.24, 2.45) is 5.73 Å². The van der Waals surface area contributed by atoms with Gasteiger partial charge >= 0.3 is 0 Å². The second-order valence-corrected chi connectivity index (χ2v) is 9.34. The monoisotopic (exact) mass is 443 g/mol. The van der Waals surface area contributed by atoms with Gasteiger partial charge in [-0.05, 0) is 54.8 Å². The highest BCUT2D eigenvalue weighted by atomic mass is 32.2. The summed E-state index contributed by atoms with van der Waals surface area (Å²) >= 11 is 1.78. The predicted octanol–water partition coefficient (Wildman–Crippen LogP) is 4.97. The van der Waals surface area contributed by atoms with Crippen LogP contribution >= 0.6 is 11.8 Å². The molecule has 2 aliphatic rings. The standard InChI is InChI=1S/C26H25N3O2S/c27-26(31)19-11-9-18(10-12-19)17-29(20-13-14-20)25(30)15-16-28-21-5-1-3-7-23(21)32-24-8-4-2-6-22(24)28/h1-12,20H,13-17H2,(H2,27,31). The highest BCUT2D eigenvalue weighted by Gasteiger charge is 2.33. The van der Waals surface area contributed by atoms with Crippen molar-refractivity contribution < 1.29 is 9.59 Å². The molecular formula is C26H25N3O2S. The summed E-state index contributed by atoms with van der Waals surface area (Å²) in [6.45, 7) is 1.20. The third-order valence-corrected chi connectivity index (χ3v) is 7.11. The molecule has 0 unspecified atom stereocenters. The van der Waals surface area contributed by atoms with E-state index in [1.807, 2.05) is 29.2 Å². The van der Waals surface area contributed by atoms with E-state index in [4.69, 9.17) is 5.73 Å². The lowest BCUT2D eigenvalue weighted by Gasteiger charge is -2.33. The van der Waals surface area contributed by atoms with Gasteiger partial charge in [0.1, 0.15) is 0 Å². The Morgan fingerprint density at radius 2 is 1.50 bits per heavy atom. The Morgan fingerprint density at radius 1 is 0.906 bits per heavy atom. The van der Waals surface area contributed by atoms with Crippen molar-refractivity contribution in [1.82, 2.24) is 4.90 Å². The van der Waals surface area contributed by atoms with Crippen LogP contribution in [-0.2, 0) is 11.3 Å². The number of nitrogens with zero attached hydrogens (tertiary/aromatic N) is 2. The van der Waals surface area contributed by atoms with Crippen LogP contribution in [0.25, 0.3) is 0 Å². The molecule has 3 aromatic rings. The summed E-state index contributed by atoms with van der Waals surface area (Å²) in [5.41, 5.74) is 9.15. The van der Waals surface area contributed by atoms with Crippen molar-refractivity contribution in [1.29, 1.82) is 0 Å². The van der Waals surface area contributed by atoms with Crippen LogP contribution in [0.5, 0.6) is 0 Å². The van der Waals surface area contributed by atoms with Crippen molar-refractivity contribution >= 4 is 35.0 Å². The number of hydrogen-bond donors (Lipinski definition) is 1. The summed E-state index contributed by atoms with van der Waals surface area (Å²) in [4.78, 5) is 31.3. The van der Waals surface area contributed by atoms with Crippen LogP contribution in [0.4, 0.5) is 11.4 Å². The maximum atomic E-state index is 13.3. The fraction of sp³-hybridized carbons (Fsp3) is 0.231. The zero-order valence-electron chi connectivity index (χ0n) is 17.7. The van der Waals surface area contributed by atoms with Gasteiger partial charge in [-0.2, -0.15) is 0 Å². The number of carbonyl (C=O) groups is 2. The van der Waals surface area contributed by atoms with E-state index in [0.717, 1.165) is 29.8 Å². The number of rotatable bonds is 7. The Balaban J connectivity index is 1.32. The first-order valence-electron chi connectivity index (χ1n) is 10.9. The van der Waals surface area contributed by atoms with E-state index in [2.05, 4.69) is 41.3 Å². The van der Waals surface area contributed by atoms with Crippen molar-refractivity contribution in [2.45, 2.75) is 41.6 Å². The number of anilines is 2. The molecule has 1 aliphatic carbocycles. The lowest BCUT2D eigenvalue weighted by molar-refractivity contribution is -0.132. The number of benzene rings is 3. The molecule has 0 aromatic heterocycles. The molecule has 0 spiro atoms. The molecule has 3 aromatic carbocycles. The number of nitrogens with two attached hydrogens (primary N) is 1. The largest absolute Gasteiger partial charge is 0.366 e. The van der Waals surface area contributed by atoms with Gasteiger partial charge in [0.2, 0.25) is 11.8 Å². The van der Waals surface area contributed by atoms with E-state index in [1.54, 1.807) is 23.9 Å². The Kier molecular flexibility index (Phi) is 5.62. The highest BCUT2D eigenvalue weighted by molar-refractivity contribution is 7.99. The fourth-order valence-electron chi connectivity index (χ4n) is 4.15. The Bertz CT molecular complexity index is 1110. The molecule has 0 radical (unpaired) electrons. The van der Waals surface area contributed by atoms with Crippen molar-refractivity contribution in [3.63, 3.8) is 0 Å². The second kappa shape index (κ2) is 8.71. The number of amides is 2. The van der Waals surface area contributed by atoms with Crippen molar-refractivity contribution in [3.05, 3.63) is 83.9 Å². The second-order valence-electron chi connectivity index (χ2n) is 8.25. The van der Waals surface area contributed by atoms with Gasteiger partial charge in [0.25, 0.3) is 0 Å². The Labute approximate surface area is 192 Å². The number of para-hydroxylation sites is 2. The molecular weight excluding hydrogens is 418 g/mol. The lowest BCUT2D eigenvalue weighted by atomic mass is 10.1. The number of primary amides is 1. The van der Waals surface area contributed by atoms with Gasteiger partial charge in [-0.25, -0.2) is 0 Å². The van der Waals surface area contributed by atoms with Crippen LogP contribution < -0.4 is 10.6 Å². The third kappa shape index (κ3) is 4.23. The van der Waals surface area contributed by atoms with E-state index >= 15 is 0 Å². The first kappa shape index (κ1) is 20.6. The number of hydrogen-bond acceptors (Lipinski definition) is 4. The van der Waals surface area contributed by atoms with Crippen molar-refractivity contribution in [3.8, 4) is 0 Å². The van der Waals surface area contributed by atoms with E-state index in [9.17, 15) is 9.59 Å². The molecule has 0 atom stereocenters.